The van der Waals surface area contributed by atoms with Crippen LogP contribution >= 0.6 is 0 Å². The van der Waals surface area contributed by atoms with Crippen LogP contribution < -0.4 is 5.32 Å². The molecule has 0 aliphatic carbocycles. The summed E-state index contributed by atoms with van der Waals surface area (Å²) in [6, 6.07) is 7.78. The third-order valence-corrected chi connectivity index (χ3v) is 3.08. The molecule has 100 valence electrons. The standard InChI is InChI=1S/C14H22N2O2/c1-4-12-7-5-6-8-13(12)15-14(18)9-16(3)11(2)10-17/h5-8,11,17H,4,9-10H2,1-3H3,(H,15,18). The molecule has 4 nitrogen and oxygen atoms in total. The minimum atomic E-state index is -0.0568. The largest absolute Gasteiger partial charge is 0.395 e. The fourth-order valence-corrected chi connectivity index (χ4v) is 1.66. The van der Waals surface area contributed by atoms with Gasteiger partial charge in [-0.25, -0.2) is 0 Å². The quantitative estimate of drug-likeness (QED) is 0.804. The fourth-order valence-electron chi connectivity index (χ4n) is 1.66. The van der Waals surface area contributed by atoms with Crippen LogP contribution in [0.2, 0.25) is 0 Å². The van der Waals surface area contributed by atoms with Gasteiger partial charge >= 0.3 is 0 Å². The molecule has 0 bridgehead atoms. The molecule has 0 radical (unpaired) electrons. The van der Waals surface area contributed by atoms with Gasteiger partial charge in [-0.2, -0.15) is 0 Å². The van der Waals surface area contributed by atoms with Gasteiger partial charge in [-0.3, -0.25) is 9.69 Å². The maximum absolute atomic E-state index is 11.9. The molecule has 0 saturated carbocycles. The van der Waals surface area contributed by atoms with Crippen molar-refractivity contribution in [1.82, 2.24) is 4.90 Å². The maximum atomic E-state index is 11.9. The lowest BCUT2D eigenvalue weighted by Gasteiger charge is -2.22. The van der Waals surface area contributed by atoms with Crippen molar-refractivity contribution >= 4 is 11.6 Å². The normalized spacial score (nSPS) is 12.5. The Balaban J connectivity index is 2.59. The Labute approximate surface area is 109 Å². The van der Waals surface area contributed by atoms with E-state index in [2.05, 4.69) is 12.2 Å². The second-order valence-corrected chi connectivity index (χ2v) is 4.51. The number of benzene rings is 1. The van der Waals surface area contributed by atoms with Crippen LogP contribution in [0.4, 0.5) is 5.69 Å². The number of anilines is 1. The Morgan fingerprint density at radius 1 is 1.44 bits per heavy atom. The van der Waals surface area contributed by atoms with Crippen LogP contribution in [0.3, 0.4) is 0 Å². The van der Waals surface area contributed by atoms with Crippen LogP contribution in [0, 0.1) is 0 Å². The second kappa shape index (κ2) is 7.13. The van der Waals surface area contributed by atoms with E-state index in [0.29, 0.717) is 0 Å². The third kappa shape index (κ3) is 4.13. The number of aliphatic hydroxyl groups excluding tert-OH is 1. The summed E-state index contributed by atoms with van der Waals surface area (Å²) in [4.78, 5) is 13.7. The first-order chi connectivity index (χ1) is 8.58. The number of rotatable bonds is 6. The van der Waals surface area contributed by atoms with Gasteiger partial charge < -0.3 is 10.4 Å². The topological polar surface area (TPSA) is 52.6 Å². The first-order valence-electron chi connectivity index (χ1n) is 6.27. The van der Waals surface area contributed by atoms with Crippen LogP contribution in [0.5, 0.6) is 0 Å². The van der Waals surface area contributed by atoms with Gasteiger partial charge in [0, 0.05) is 11.7 Å². The third-order valence-electron chi connectivity index (χ3n) is 3.08. The summed E-state index contributed by atoms with van der Waals surface area (Å²) in [7, 11) is 1.83. The molecule has 18 heavy (non-hydrogen) atoms. The zero-order valence-electron chi connectivity index (χ0n) is 11.3. The predicted octanol–water partition coefficient (Wildman–Crippen LogP) is 1.50. The molecule has 0 spiro atoms. The zero-order chi connectivity index (χ0) is 13.5. The van der Waals surface area contributed by atoms with E-state index in [1.54, 1.807) is 0 Å². The molecule has 0 saturated heterocycles. The van der Waals surface area contributed by atoms with Crippen molar-refractivity contribution in [2.45, 2.75) is 26.3 Å². The van der Waals surface area contributed by atoms with E-state index < -0.39 is 0 Å². The van der Waals surface area contributed by atoms with Crippen LogP contribution in [-0.2, 0) is 11.2 Å². The lowest BCUT2D eigenvalue weighted by molar-refractivity contribution is -0.117. The summed E-state index contributed by atoms with van der Waals surface area (Å²) in [6.45, 7) is 4.27. The number of amides is 1. The second-order valence-electron chi connectivity index (χ2n) is 4.51. The zero-order valence-corrected chi connectivity index (χ0v) is 11.3. The summed E-state index contributed by atoms with van der Waals surface area (Å²) >= 11 is 0. The van der Waals surface area contributed by atoms with Crippen LogP contribution in [0.25, 0.3) is 0 Å². The highest BCUT2D eigenvalue weighted by Crippen LogP contribution is 2.15. The number of aryl methyl sites for hydroxylation is 1. The molecular weight excluding hydrogens is 228 g/mol. The summed E-state index contributed by atoms with van der Waals surface area (Å²) in [5.41, 5.74) is 2.00. The lowest BCUT2D eigenvalue weighted by Crippen LogP contribution is -2.38. The van der Waals surface area contributed by atoms with Crippen LogP contribution in [0.1, 0.15) is 19.4 Å². The molecule has 0 aliphatic rings. The molecule has 1 amide bonds. The van der Waals surface area contributed by atoms with Gasteiger partial charge in [0.15, 0.2) is 0 Å². The van der Waals surface area contributed by atoms with Gasteiger partial charge in [0.1, 0.15) is 0 Å². The average molecular weight is 250 g/mol. The van der Waals surface area contributed by atoms with Gasteiger partial charge in [-0.15, -0.1) is 0 Å². The van der Waals surface area contributed by atoms with E-state index in [1.807, 2.05) is 43.1 Å². The Bertz CT molecular complexity index is 393. The van der Waals surface area contributed by atoms with Crippen molar-refractivity contribution in [2.24, 2.45) is 0 Å². The Kier molecular flexibility index (Phi) is 5.82. The van der Waals surface area contributed by atoms with E-state index in [0.717, 1.165) is 17.7 Å². The highest BCUT2D eigenvalue weighted by molar-refractivity contribution is 5.93. The van der Waals surface area contributed by atoms with Gasteiger partial charge in [-0.1, -0.05) is 25.1 Å². The highest BCUT2D eigenvalue weighted by Gasteiger charge is 2.12. The summed E-state index contributed by atoms with van der Waals surface area (Å²) in [5.74, 6) is -0.0568. The molecule has 1 aromatic rings. The fraction of sp³-hybridized carbons (Fsp3) is 0.500. The van der Waals surface area contributed by atoms with Crippen molar-refractivity contribution < 1.29 is 9.90 Å². The molecule has 0 aromatic heterocycles. The number of aliphatic hydroxyl groups is 1. The lowest BCUT2D eigenvalue weighted by atomic mass is 10.1. The minimum absolute atomic E-state index is 0.0165. The monoisotopic (exact) mass is 250 g/mol. The number of carbonyl (C=O) groups excluding carboxylic acids is 1. The summed E-state index contributed by atoms with van der Waals surface area (Å²) in [5, 5.41) is 11.9. The number of hydrogen-bond acceptors (Lipinski definition) is 3. The van der Waals surface area contributed by atoms with E-state index >= 15 is 0 Å². The number of para-hydroxylation sites is 1. The van der Waals surface area contributed by atoms with Crippen molar-refractivity contribution in [3.8, 4) is 0 Å². The van der Waals surface area contributed by atoms with E-state index in [9.17, 15) is 4.79 Å². The van der Waals surface area contributed by atoms with Gasteiger partial charge in [-0.05, 0) is 32.0 Å². The van der Waals surface area contributed by atoms with Crippen molar-refractivity contribution in [3.05, 3.63) is 29.8 Å². The maximum Gasteiger partial charge on any atom is 0.238 e. The van der Waals surface area contributed by atoms with Gasteiger partial charge in [0.05, 0.1) is 13.2 Å². The highest BCUT2D eigenvalue weighted by atomic mass is 16.3. The summed E-state index contributed by atoms with van der Waals surface area (Å²) < 4.78 is 0. The van der Waals surface area contributed by atoms with E-state index in [4.69, 9.17) is 5.11 Å². The SMILES string of the molecule is CCc1ccccc1NC(=O)CN(C)C(C)CO. The first-order valence-corrected chi connectivity index (χ1v) is 6.27. The number of nitrogens with zero attached hydrogens (tertiary/aromatic N) is 1. The van der Waals surface area contributed by atoms with Gasteiger partial charge in [0.2, 0.25) is 5.91 Å². The number of nitrogens with one attached hydrogen (secondary N) is 1. The van der Waals surface area contributed by atoms with Crippen LogP contribution in [-0.4, -0.2) is 42.2 Å². The van der Waals surface area contributed by atoms with Crippen molar-refractivity contribution in [3.63, 3.8) is 0 Å². The Morgan fingerprint density at radius 3 is 2.72 bits per heavy atom. The minimum Gasteiger partial charge on any atom is -0.395 e. The first kappa shape index (κ1) is 14.7. The summed E-state index contributed by atoms with van der Waals surface area (Å²) in [6.07, 6.45) is 0.888. The average Bonchev–Trinajstić information content (AvgIpc) is 2.38. The molecule has 1 unspecified atom stereocenters. The molecule has 0 heterocycles. The Morgan fingerprint density at radius 2 is 2.11 bits per heavy atom. The van der Waals surface area contributed by atoms with Crippen molar-refractivity contribution in [1.29, 1.82) is 0 Å². The molecule has 2 N–H and O–H groups in total. The van der Waals surface area contributed by atoms with Gasteiger partial charge in [0.25, 0.3) is 0 Å². The molecule has 1 atom stereocenters. The smallest absolute Gasteiger partial charge is 0.238 e. The number of likely N-dealkylation sites (N-methyl/N-ethyl adjacent to an activating group) is 1. The van der Waals surface area contributed by atoms with E-state index in [-0.39, 0.29) is 25.1 Å². The van der Waals surface area contributed by atoms with Crippen LogP contribution in [0.15, 0.2) is 24.3 Å². The van der Waals surface area contributed by atoms with E-state index in [1.165, 1.54) is 0 Å². The Hall–Kier alpha value is -1.39. The number of hydrogen-bond donors (Lipinski definition) is 2. The molecular formula is C14H22N2O2. The molecule has 4 heteroatoms. The number of carbonyl (C=O) groups is 1. The molecule has 0 fully saturated rings. The predicted molar refractivity (Wildman–Crippen MR) is 73.6 cm³/mol. The molecule has 0 aliphatic heterocycles. The van der Waals surface area contributed by atoms with Crippen molar-refractivity contribution in [2.75, 3.05) is 25.5 Å². The molecule has 1 rings (SSSR count). The molecule has 1 aromatic carbocycles.